The fraction of sp³-hybridized carbons (Fsp3) is 0.467. The fourth-order valence-electron chi connectivity index (χ4n) is 2.50. The molecule has 108 valence electrons. The average Bonchev–Trinajstić information content (AvgIpc) is 2.68. The summed E-state index contributed by atoms with van der Waals surface area (Å²) in [4.78, 5) is 25.8. The van der Waals surface area contributed by atoms with E-state index in [2.05, 4.69) is 5.32 Å². The molecule has 5 nitrogen and oxygen atoms in total. The molecule has 1 N–H and O–H groups in total. The predicted octanol–water partition coefficient (Wildman–Crippen LogP) is 1.88. The SMILES string of the molecule is COCCCCN1C(=O)NC(=O)C1(C)c1ccccc1. The molecule has 1 aromatic rings. The van der Waals surface area contributed by atoms with E-state index in [1.807, 2.05) is 30.3 Å². The Morgan fingerprint density at radius 3 is 2.55 bits per heavy atom. The summed E-state index contributed by atoms with van der Waals surface area (Å²) in [6.07, 6.45) is 1.66. The molecule has 1 aliphatic heterocycles. The molecule has 3 amide bonds. The lowest BCUT2D eigenvalue weighted by Gasteiger charge is -2.32. The molecule has 0 saturated carbocycles. The highest BCUT2D eigenvalue weighted by Crippen LogP contribution is 2.32. The van der Waals surface area contributed by atoms with Crippen molar-refractivity contribution in [1.82, 2.24) is 10.2 Å². The van der Waals surface area contributed by atoms with Crippen LogP contribution in [0.25, 0.3) is 0 Å². The first kappa shape index (κ1) is 14.5. The Bertz CT molecular complexity index is 489. The Hall–Kier alpha value is -1.88. The molecule has 0 aromatic heterocycles. The average molecular weight is 276 g/mol. The Kier molecular flexibility index (Phi) is 4.39. The van der Waals surface area contributed by atoms with Gasteiger partial charge in [0.15, 0.2) is 0 Å². The van der Waals surface area contributed by atoms with Gasteiger partial charge in [0.2, 0.25) is 0 Å². The molecular formula is C15H20N2O3. The first-order valence-electron chi connectivity index (χ1n) is 6.78. The monoisotopic (exact) mass is 276 g/mol. The van der Waals surface area contributed by atoms with Crippen LogP contribution in [-0.2, 0) is 15.1 Å². The third-order valence-electron chi connectivity index (χ3n) is 3.76. The highest BCUT2D eigenvalue weighted by molar-refractivity contribution is 6.07. The van der Waals surface area contributed by atoms with Gasteiger partial charge in [-0.15, -0.1) is 0 Å². The summed E-state index contributed by atoms with van der Waals surface area (Å²) in [7, 11) is 1.65. The topological polar surface area (TPSA) is 58.6 Å². The molecule has 2 rings (SSSR count). The van der Waals surface area contributed by atoms with Crippen LogP contribution in [-0.4, -0.2) is 37.1 Å². The maximum absolute atomic E-state index is 12.2. The molecule has 1 aromatic carbocycles. The second kappa shape index (κ2) is 6.05. The van der Waals surface area contributed by atoms with Gasteiger partial charge in [0, 0.05) is 20.3 Å². The van der Waals surface area contributed by atoms with Gasteiger partial charge in [-0.1, -0.05) is 30.3 Å². The van der Waals surface area contributed by atoms with E-state index in [4.69, 9.17) is 4.74 Å². The number of benzene rings is 1. The summed E-state index contributed by atoms with van der Waals surface area (Å²) in [6, 6.07) is 9.07. The Balaban J connectivity index is 2.19. The smallest absolute Gasteiger partial charge is 0.325 e. The summed E-state index contributed by atoms with van der Waals surface area (Å²) in [5.74, 6) is -0.263. The van der Waals surface area contributed by atoms with Crippen LogP contribution in [0, 0.1) is 0 Å². The minimum Gasteiger partial charge on any atom is -0.385 e. The van der Waals surface area contributed by atoms with Crippen LogP contribution >= 0.6 is 0 Å². The van der Waals surface area contributed by atoms with Gasteiger partial charge < -0.3 is 9.64 Å². The van der Waals surface area contributed by atoms with Crippen molar-refractivity contribution in [3.05, 3.63) is 35.9 Å². The van der Waals surface area contributed by atoms with E-state index in [-0.39, 0.29) is 11.9 Å². The number of amides is 3. The third kappa shape index (κ3) is 2.54. The summed E-state index contributed by atoms with van der Waals surface area (Å²) in [6.45, 7) is 2.98. The van der Waals surface area contributed by atoms with E-state index < -0.39 is 5.54 Å². The van der Waals surface area contributed by atoms with Crippen LogP contribution in [0.3, 0.4) is 0 Å². The van der Waals surface area contributed by atoms with Crippen molar-refractivity contribution >= 4 is 11.9 Å². The van der Waals surface area contributed by atoms with Crippen molar-refractivity contribution in [2.75, 3.05) is 20.3 Å². The summed E-state index contributed by atoms with van der Waals surface area (Å²) < 4.78 is 5.01. The lowest BCUT2D eigenvalue weighted by Crippen LogP contribution is -2.44. The van der Waals surface area contributed by atoms with Crippen molar-refractivity contribution in [3.63, 3.8) is 0 Å². The first-order valence-corrected chi connectivity index (χ1v) is 6.78. The van der Waals surface area contributed by atoms with Crippen LogP contribution in [0.4, 0.5) is 4.79 Å². The number of carbonyl (C=O) groups excluding carboxylic acids is 2. The van der Waals surface area contributed by atoms with Gasteiger partial charge in [0.05, 0.1) is 0 Å². The first-order chi connectivity index (χ1) is 9.60. The second-order valence-electron chi connectivity index (χ2n) is 5.05. The number of unbranched alkanes of at least 4 members (excludes halogenated alkanes) is 1. The summed E-state index contributed by atoms with van der Waals surface area (Å²) in [5, 5.41) is 2.41. The van der Waals surface area contributed by atoms with Crippen LogP contribution in [0.2, 0.25) is 0 Å². The minimum absolute atomic E-state index is 0.263. The number of hydrogen-bond acceptors (Lipinski definition) is 3. The maximum atomic E-state index is 12.2. The van der Waals surface area contributed by atoms with E-state index in [0.717, 1.165) is 18.4 Å². The number of ether oxygens (including phenoxy) is 1. The van der Waals surface area contributed by atoms with Crippen molar-refractivity contribution in [2.24, 2.45) is 0 Å². The maximum Gasteiger partial charge on any atom is 0.325 e. The molecule has 1 unspecified atom stereocenters. The molecule has 1 atom stereocenters. The van der Waals surface area contributed by atoms with Crippen molar-refractivity contribution in [2.45, 2.75) is 25.3 Å². The Morgan fingerprint density at radius 2 is 1.90 bits per heavy atom. The summed E-state index contributed by atoms with van der Waals surface area (Å²) in [5.41, 5.74) is -0.0964. The number of rotatable bonds is 6. The van der Waals surface area contributed by atoms with Gasteiger partial charge in [-0.3, -0.25) is 10.1 Å². The molecule has 0 bridgehead atoms. The number of carbonyl (C=O) groups is 2. The van der Waals surface area contributed by atoms with Crippen molar-refractivity contribution in [1.29, 1.82) is 0 Å². The Morgan fingerprint density at radius 1 is 1.20 bits per heavy atom. The van der Waals surface area contributed by atoms with E-state index in [1.54, 1.807) is 18.9 Å². The Labute approximate surface area is 118 Å². The zero-order valence-electron chi connectivity index (χ0n) is 11.9. The van der Waals surface area contributed by atoms with Gasteiger partial charge in [0.1, 0.15) is 5.54 Å². The lowest BCUT2D eigenvalue weighted by atomic mass is 9.90. The number of urea groups is 1. The number of nitrogens with one attached hydrogen (secondary N) is 1. The normalized spacial score (nSPS) is 22.2. The standard InChI is InChI=1S/C15H20N2O3/c1-15(12-8-4-3-5-9-12)13(18)16-14(19)17(15)10-6-7-11-20-2/h3-5,8-9H,6-7,10-11H2,1-2H3,(H,16,18,19). The van der Waals surface area contributed by atoms with E-state index >= 15 is 0 Å². The van der Waals surface area contributed by atoms with Gasteiger partial charge >= 0.3 is 6.03 Å². The molecule has 20 heavy (non-hydrogen) atoms. The molecule has 0 radical (unpaired) electrons. The number of hydrogen-bond donors (Lipinski definition) is 1. The largest absolute Gasteiger partial charge is 0.385 e. The number of nitrogens with zero attached hydrogens (tertiary/aromatic N) is 1. The third-order valence-corrected chi connectivity index (χ3v) is 3.76. The molecule has 1 aliphatic rings. The van der Waals surface area contributed by atoms with Crippen LogP contribution in [0.1, 0.15) is 25.3 Å². The second-order valence-corrected chi connectivity index (χ2v) is 5.05. The molecular weight excluding hydrogens is 256 g/mol. The molecule has 1 fully saturated rings. The molecule has 0 spiro atoms. The van der Waals surface area contributed by atoms with Crippen LogP contribution in [0.15, 0.2) is 30.3 Å². The van der Waals surface area contributed by atoms with Crippen LogP contribution in [0.5, 0.6) is 0 Å². The van der Waals surface area contributed by atoms with Crippen molar-refractivity contribution in [3.8, 4) is 0 Å². The van der Waals surface area contributed by atoms with Gasteiger partial charge in [-0.25, -0.2) is 4.79 Å². The molecule has 1 heterocycles. The van der Waals surface area contributed by atoms with E-state index in [1.165, 1.54) is 0 Å². The zero-order chi connectivity index (χ0) is 14.6. The quantitative estimate of drug-likeness (QED) is 0.637. The van der Waals surface area contributed by atoms with Crippen LogP contribution < -0.4 is 5.32 Å². The summed E-state index contributed by atoms with van der Waals surface area (Å²) >= 11 is 0. The highest BCUT2D eigenvalue weighted by atomic mass is 16.5. The lowest BCUT2D eigenvalue weighted by molar-refractivity contribution is -0.126. The fourth-order valence-corrected chi connectivity index (χ4v) is 2.50. The van der Waals surface area contributed by atoms with Gasteiger partial charge in [-0.2, -0.15) is 0 Å². The molecule has 1 saturated heterocycles. The van der Waals surface area contributed by atoms with E-state index in [0.29, 0.717) is 13.2 Å². The van der Waals surface area contributed by atoms with Gasteiger partial charge in [-0.05, 0) is 25.3 Å². The molecule has 0 aliphatic carbocycles. The van der Waals surface area contributed by atoms with Gasteiger partial charge in [0.25, 0.3) is 5.91 Å². The van der Waals surface area contributed by atoms with E-state index in [9.17, 15) is 9.59 Å². The number of imide groups is 1. The van der Waals surface area contributed by atoms with Crippen molar-refractivity contribution < 1.29 is 14.3 Å². The minimum atomic E-state index is -0.925. The highest BCUT2D eigenvalue weighted by Gasteiger charge is 2.49. The zero-order valence-corrected chi connectivity index (χ0v) is 11.9. The molecule has 5 heteroatoms. The number of methoxy groups -OCH3 is 1. The predicted molar refractivity (Wildman–Crippen MR) is 75.1 cm³/mol.